The van der Waals surface area contributed by atoms with E-state index in [1.165, 1.54) is 36.2 Å². The average Bonchev–Trinajstić information content (AvgIpc) is 3.08. The Morgan fingerprint density at radius 2 is 2.22 bits per heavy atom. The Hall–Kier alpha value is -2.07. The molecule has 1 aromatic carbocycles. The number of hydrogen-bond acceptors (Lipinski definition) is 3. The van der Waals surface area contributed by atoms with E-state index in [0.29, 0.717) is 0 Å². The molecule has 1 atom stereocenters. The highest BCUT2D eigenvalue weighted by Gasteiger charge is 2.22. The van der Waals surface area contributed by atoms with E-state index < -0.39 is 0 Å². The third-order valence-electron chi connectivity index (χ3n) is 4.79. The van der Waals surface area contributed by atoms with E-state index in [9.17, 15) is 0 Å². The summed E-state index contributed by atoms with van der Waals surface area (Å²) in [5.41, 5.74) is 3.84. The van der Waals surface area contributed by atoms with Crippen LogP contribution in [0.25, 0.3) is 6.08 Å². The van der Waals surface area contributed by atoms with Gasteiger partial charge in [-0.2, -0.15) is 5.10 Å². The third kappa shape index (κ3) is 3.48. The number of para-hydroxylation sites is 1. The summed E-state index contributed by atoms with van der Waals surface area (Å²) < 4.78 is 5.88. The molecule has 1 fully saturated rings. The van der Waals surface area contributed by atoms with Crippen molar-refractivity contribution in [2.45, 2.75) is 19.3 Å². The first-order valence-electron chi connectivity index (χ1n) is 8.49. The summed E-state index contributed by atoms with van der Waals surface area (Å²) in [6.45, 7) is 4.10. The second-order valence-corrected chi connectivity index (χ2v) is 6.66. The fraction of sp³-hybridized carbons (Fsp3) is 0.421. The number of hydrogen-bond donors (Lipinski definition) is 1. The van der Waals surface area contributed by atoms with Gasteiger partial charge in [-0.3, -0.25) is 10.00 Å². The molecule has 4 rings (SSSR count). The standard InChI is InChI=1S/C19H23N3O/c1-2-6-19-17(5-1)10-16(14-23-19)13-22-9-3-4-15(12-22)11-18-7-8-20-21-18/h1-2,5-8,10,15H,3-4,9,11-14H2,(H,20,21)/t15-/m0/s1. The van der Waals surface area contributed by atoms with Gasteiger partial charge in [-0.15, -0.1) is 0 Å². The van der Waals surface area contributed by atoms with Gasteiger partial charge in [0, 0.05) is 30.5 Å². The van der Waals surface area contributed by atoms with Gasteiger partial charge in [0.1, 0.15) is 12.4 Å². The van der Waals surface area contributed by atoms with Gasteiger partial charge in [0.15, 0.2) is 0 Å². The van der Waals surface area contributed by atoms with Crippen molar-refractivity contribution >= 4 is 6.08 Å². The first kappa shape index (κ1) is 14.5. The Kier molecular flexibility index (Phi) is 4.16. The van der Waals surface area contributed by atoms with Crippen LogP contribution in [0.5, 0.6) is 5.75 Å². The maximum Gasteiger partial charge on any atom is 0.127 e. The van der Waals surface area contributed by atoms with Crippen LogP contribution in [0.2, 0.25) is 0 Å². The SMILES string of the molecule is C1=C(CN2CCC[C@@H](Cc3ccn[nH]3)C2)COc2ccccc21. The molecule has 0 bridgehead atoms. The number of ether oxygens (including phenoxy) is 1. The highest BCUT2D eigenvalue weighted by atomic mass is 16.5. The number of H-pyrrole nitrogens is 1. The Labute approximate surface area is 137 Å². The summed E-state index contributed by atoms with van der Waals surface area (Å²) in [6, 6.07) is 10.4. The van der Waals surface area contributed by atoms with Crippen LogP contribution in [0.4, 0.5) is 0 Å². The number of aromatic nitrogens is 2. The lowest BCUT2D eigenvalue weighted by atomic mass is 9.93. The topological polar surface area (TPSA) is 41.2 Å². The van der Waals surface area contributed by atoms with Crippen molar-refractivity contribution in [1.29, 1.82) is 0 Å². The van der Waals surface area contributed by atoms with Crippen molar-refractivity contribution in [3.8, 4) is 5.75 Å². The van der Waals surface area contributed by atoms with E-state index in [1.807, 2.05) is 18.3 Å². The molecule has 2 aliphatic rings. The number of aromatic amines is 1. The first-order chi connectivity index (χ1) is 11.4. The van der Waals surface area contributed by atoms with E-state index in [4.69, 9.17) is 4.74 Å². The van der Waals surface area contributed by atoms with Gasteiger partial charge in [0.25, 0.3) is 0 Å². The summed E-state index contributed by atoms with van der Waals surface area (Å²) in [5.74, 6) is 1.73. The van der Waals surface area contributed by atoms with Crippen LogP contribution < -0.4 is 4.74 Å². The highest BCUT2D eigenvalue weighted by molar-refractivity contribution is 5.62. The van der Waals surface area contributed by atoms with Gasteiger partial charge >= 0.3 is 0 Å². The molecule has 4 heteroatoms. The van der Waals surface area contributed by atoms with Gasteiger partial charge < -0.3 is 4.74 Å². The number of rotatable bonds is 4. The van der Waals surface area contributed by atoms with Crippen LogP contribution >= 0.6 is 0 Å². The molecule has 0 amide bonds. The Morgan fingerprint density at radius 3 is 3.13 bits per heavy atom. The van der Waals surface area contributed by atoms with E-state index in [0.717, 1.165) is 37.8 Å². The van der Waals surface area contributed by atoms with E-state index >= 15 is 0 Å². The summed E-state index contributed by atoms with van der Waals surface area (Å²) >= 11 is 0. The van der Waals surface area contributed by atoms with Crippen molar-refractivity contribution in [3.63, 3.8) is 0 Å². The minimum absolute atomic E-state index is 0.721. The normalized spacial score (nSPS) is 21.4. The molecule has 1 N–H and O–H groups in total. The molecule has 120 valence electrons. The second-order valence-electron chi connectivity index (χ2n) is 6.66. The molecule has 2 aromatic rings. The van der Waals surface area contributed by atoms with Crippen molar-refractivity contribution < 1.29 is 4.74 Å². The van der Waals surface area contributed by atoms with Gasteiger partial charge in [0.05, 0.1) is 0 Å². The number of likely N-dealkylation sites (tertiary alicyclic amines) is 1. The molecule has 3 heterocycles. The number of piperidine rings is 1. The maximum atomic E-state index is 5.88. The van der Waals surface area contributed by atoms with Gasteiger partial charge in [0.2, 0.25) is 0 Å². The lowest BCUT2D eigenvalue weighted by Crippen LogP contribution is -2.38. The van der Waals surface area contributed by atoms with Gasteiger partial charge in [-0.25, -0.2) is 0 Å². The lowest BCUT2D eigenvalue weighted by Gasteiger charge is -2.33. The predicted molar refractivity (Wildman–Crippen MR) is 91.4 cm³/mol. The van der Waals surface area contributed by atoms with Crippen LogP contribution in [0.1, 0.15) is 24.1 Å². The summed E-state index contributed by atoms with van der Waals surface area (Å²) in [7, 11) is 0. The van der Waals surface area contributed by atoms with Crippen LogP contribution in [-0.2, 0) is 6.42 Å². The predicted octanol–water partition coefficient (Wildman–Crippen LogP) is 3.14. The fourth-order valence-electron chi connectivity index (χ4n) is 3.71. The number of fused-ring (bicyclic) bond motifs is 1. The zero-order valence-electron chi connectivity index (χ0n) is 13.4. The molecule has 2 aliphatic heterocycles. The monoisotopic (exact) mass is 309 g/mol. The molecule has 0 saturated carbocycles. The molecule has 0 unspecified atom stereocenters. The molecule has 23 heavy (non-hydrogen) atoms. The molecule has 0 radical (unpaired) electrons. The Balaban J connectivity index is 1.38. The van der Waals surface area contributed by atoms with E-state index in [1.54, 1.807) is 0 Å². The minimum Gasteiger partial charge on any atom is -0.489 e. The van der Waals surface area contributed by atoms with Crippen molar-refractivity contribution in [3.05, 3.63) is 53.4 Å². The smallest absolute Gasteiger partial charge is 0.127 e. The van der Waals surface area contributed by atoms with E-state index in [2.05, 4.69) is 39.4 Å². The maximum absolute atomic E-state index is 5.88. The number of nitrogens with one attached hydrogen (secondary N) is 1. The largest absolute Gasteiger partial charge is 0.489 e. The van der Waals surface area contributed by atoms with Crippen LogP contribution in [0.15, 0.2) is 42.1 Å². The summed E-state index contributed by atoms with van der Waals surface area (Å²) in [6.07, 6.45) is 7.85. The second kappa shape index (κ2) is 6.59. The van der Waals surface area contributed by atoms with Gasteiger partial charge in [-0.05, 0) is 55.5 Å². The lowest BCUT2D eigenvalue weighted by molar-refractivity contribution is 0.181. The van der Waals surface area contributed by atoms with Crippen molar-refractivity contribution in [2.24, 2.45) is 5.92 Å². The molecule has 0 spiro atoms. The zero-order chi connectivity index (χ0) is 15.5. The Morgan fingerprint density at radius 1 is 1.26 bits per heavy atom. The van der Waals surface area contributed by atoms with Crippen molar-refractivity contribution in [1.82, 2.24) is 15.1 Å². The first-order valence-corrected chi connectivity index (χ1v) is 8.49. The highest BCUT2D eigenvalue weighted by Crippen LogP contribution is 2.27. The molecule has 4 nitrogen and oxygen atoms in total. The molecule has 1 aromatic heterocycles. The van der Waals surface area contributed by atoms with Crippen LogP contribution in [0, 0.1) is 5.92 Å². The quantitative estimate of drug-likeness (QED) is 0.943. The van der Waals surface area contributed by atoms with Crippen LogP contribution in [-0.4, -0.2) is 41.3 Å². The molecule has 0 aliphatic carbocycles. The number of nitrogens with zero attached hydrogens (tertiary/aromatic N) is 2. The molecular weight excluding hydrogens is 286 g/mol. The molecular formula is C19H23N3O. The minimum atomic E-state index is 0.721. The van der Waals surface area contributed by atoms with Crippen LogP contribution in [0.3, 0.4) is 0 Å². The average molecular weight is 309 g/mol. The Bertz CT molecular complexity index is 678. The molecule has 1 saturated heterocycles. The summed E-state index contributed by atoms with van der Waals surface area (Å²) in [4.78, 5) is 2.58. The van der Waals surface area contributed by atoms with Gasteiger partial charge in [-0.1, -0.05) is 18.2 Å². The number of benzene rings is 1. The zero-order valence-corrected chi connectivity index (χ0v) is 13.4. The summed E-state index contributed by atoms with van der Waals surface area (Å²) in [5, 5.41) is 7.15. The van der Waals surface area contributed by atoms with E-state index in [-0.39, 0.29) is 0 Å². The van der Waals surface area contributed by atoms with Crippen molar-refractivity contribution in [2.75, 3.05) is 26.2 Å². The third-order valence-corrected chi connectivity index (χ3v) is 4.79. The fourth-order valence-corrected chi connectivity index (χ4v) is 3.71.